The van der Waals surface area contributed by atoms with Gasteiger partial charge in [-0.15, -0.1) is 21.5 Å². The molecule has 1 fully saturated rings. The number of hydrogen-bond donors (Lipinski definition) is 0. The van der Waals surface area contributed by atoms with Crippen LogP contribution in [0.25, 0.3) is 0 Å². The molecule has 2 rings (SSSR count). The lowest BCUT2D eigenvalue weighted by Crippen LogP contribution is -2.04. The van der Waals surface area contributed by atoms with Gasteiger partial charge in [0.05, 0.1) is 10.7 Å². The molecule has 1 aromatic rings. The zero-order valence-corrected chi connectivity index (χ0v) is 11.4. The Hall–Kier alpha value is -1.17. The molecular weight excluding hydrogens is 252 g/mol. The second-order valence-corrected chi connectivity index (χ2v) is 5.82. The highest BCUT2D eigenvalue weighted by Gasteiger charge is 2.20. The zero-order valence-electron chi connectivity index (χ0n) is 10.6. The van der Waals surface area contributed by atoms with Gasteiger partial charge in [-0.05, 0) is 19.8 Å². The van der Waals surface area contributed by atoms with E-state index in [9.17, 15) is 10.1 Å². The molecule has 1 aliphatic carbocycles. The molecule has 0 bridgehead atoms. The number of aromatic nitrogens is 1. The van der Waals surface area contributed by atoms with Crippen LogP contribution in [0, 0.1) is 17.0 Å². The van der Waals surface area contributed by atoms with Gasteiger partial charge in [-0.2, -0.15) is 0 Å². The molecule has 6 heteroatoms. The molecule has 0 spiro atoms. The largest absolute Gasteiger partial charge is 0.314 e. The van der Waals surface area contributed by atoms with Gasteiger partial charge < -0.3 is 4.84 Å². The Morgan fingerprint density at radius 2 is 2.17 bits per heavy atom. The van der Waals surface area contributed by atoms with E-state index in [0.717, 1.165) is 10.6 Å². The first-order valence-corrected chi connectivity index (χ1v) is 7.22. The molecule has 0 aliphatic heterocycles. The molecule has 1 heterocycles. The monoisotopic (exact) mass is 270 g/mol. The van der Waals surface area contributed by atoms with E-state index in [1.54, 1.807) is 11.3 Å². The summed E-state index contributed by atoms with van der Waals surface area (Å²) >= 11 is 1.70. The average Bonchev–Trinajstić information content (AvgIpc) is 2.72. The summed E-state index contributed by atoms with van der Waals surface area (Å²) in [6.45, 7) is 2.10. The molecule has 0 saturated heterocycles. The first-order valence-electron chi connectivity index (χ1n) is 6.40. The Morgan fingerprint density at radius 3 is 2.83 bits per heavy atom. The minimum atomic E-state index is -0.738. The first kappa shape index (κ1) is 13.3. The van der Waals surface area contributed by atoms with Crippen molar-refractivity contribution in [3.63, 3.8) is 0 Å². The summed E-state index contributed by atoms with van der Waals surface area (Å²) in [6, 6.07) is 0. The van der Waals surface area contributed by atoms with Crippen LogP contribution in [0.1, 0.15) is 53.6 Å². The van der Waals surface area contributed by atoms with Crippen LogP contribution < -0.4 is 0 Å². The van der Waals surface area contributed by atoms with Crippen LogP contribution in [-0.4, -0.2) is 16.7 Å². The molecule has 0 unspecified atom stereocenters. The van der Waals surface area contributed by atoms with Crippen molar-refractivity contribution in [1.29, 1.82) is 0 Å². The Morgan fingerprint density at radius 1 is 1.44 bits per heavy atom. The minimum absolute atomic E-state index is 0.125. The second kappa shape index (κ2) is 6.13. The molecular formula is C12H18N2O3S. The third kappa shape index (κ3) is 3.41. The summed E-state index contributed by atoms with van der Waals surface area (Å²) in [7, 11) is 0. The van der Waals surface area contributed by atoms with Gasteiger partial charge in [-0.1, -0.05) is 19.3 Å². The predicted octanol–water partition coefficient (Wildman–Crippen LogP) is 3.25. The lowest BCUT2D eigenvalue weighted by Gasteiger charge is -2.18. The molecule has 5 nitrogen and oxygen atoms in total. The summed E-state index contributed by atoms with van der Waals surface area (Å²) in [4.78, 5) is 20.2. The van der Waals surface area contributed by atoms with Crippen molar-refractivity contribution in [2.45, 2.75) is 51.4 Å². The molecule has 18 heavy (non-hydrogen) atoms. The highest BCUT2D eigenvalue weighted by atomic mass is 32.1. The van der Waals surface area contributed by atoms with Crippen molar-refractivity contribution in [1.82, 2.24) is 4.98 Å². The Kier molecular flexibility index (Phi) is 4.52. The van der Waals surface area contributed by atoms with Crippen LogP contribution in [0.2, 0.25) is 0 Å². The predicted molar refractivity (Wildman–Crippen MR) is 69.3 cm³/mol. The van der Waals surface area contributed by atoms with E-state index in [2.05, 4.69) is 9.82 Å². The fourth-order valence-corrected chi connectivity index (χ4v) is 3.64. The second-order valence-electron chi connectivity index (χ2n) is 4.70. The van der Waals surface area contributed by atoms with E-state index in [-0.39, 0.29) is 6.61 Å². The highest BCUT2D eigenvalue weighted by Crippen LogP contribution is 2.35. The van der Waals surface area contributed by atoms with Gasteiger partial charge in [0.25, 0.3) is 5.09 Å². The van der Waals surface area contributed by atoms with Crippen molar-refractivity contribution < 1.29 is 9.92 Å². The number of hydrogen-bond acceptors (Lipinski definition) is 5. The van der Waals surface area contributed by atoms with Crippen molar-refractivity contribution in [2.24, 2.45) is 0 Å². The molecule has 1 aliphatic rings. The van der Waals surface area contributed by atoms with Crippen LogP contribution in [-0.2, 0) is 11.3 Å². The van der Waals surface area contributed by atoms with Crippen LogP contribution in [0.3, 0.4) is 0 Å². The molecule has 100 valence electrons. The van der Waals surface area contributed by atoms with Gasteiger partial charge in [-0.25, -0.2) is 4.98 Å². The standard InChI is InChI=1S/C12H18N2O3S/c1-9-11(7-8-17-14(15)16)18-12(13-9)10-5-3-2-4-6-10/h10H,2-8H2,1H3. The van der Waals surface area contributed by atoms with Gasteiger partial charge >= 0.3 is 0 Å². The van der Waals surface area contributed by atoms with Crippen molar-refractivity contribution >= 4 is 11.3 Å². The number of thiazole rings is 1. The van der Waals surface area contributed by atoms with E-state index in [1.807, 2.05) is 6.92 Å². The van der Waals surface area contributed by atoms with Crippen LogP contribution >= 0.6 is 11.3 Å². The van der Waals surface area contributed by atoms with Gasteiger partial charge in [0.1, 0.15) is 6.61 Å². The van der Waals surface area contributed by atoms with E-state index in [0.29, 0.717) is 12.3 Å². The number of nitrogens with zero attached hydrogens (tertiary/aromatic N) is 2. The quantitative estimate of drug-likeness (QED) is 0.608. The summed E-state index contributed by atoms with van der Waals surface area (Å²) in [5.74, 6) is 0.604. The molecule has 0 amide bonds. The lowest BCUT2D eigenvalue weighted by atomic mass is 9.90. The molecule has 1 aromatic heterocycles. The maximum absolute atomic E-state index is 10.1. The summed E-state index contributed by atoms with van der Waals surface area (Å²) in [6.07, 6.45) is 6.98. The zero-order chi connectivity index (χ0) is 13.0. The summed E-state index contributed by atoms with van der Waals surface area (Å²) in [5.41, 5.74) is 1.01. The van der Waals surface area contributed by atoms with E-state index >= 15 is 0 Å². The molecule has 0 radical (unpaired) electrons. The fourth-order valence-electron chi connectivity index (χ4n) is 2.42. The average molecular weight is 270 g/mol. The topological polar surface area (TPSA) is 65.3 Å². The third-order valence-electron chi connectivity index (χ3n) is 3.39. The SMILES string of the molecule is Cc1nc(C2CCCCC2)sc1CCO[N+](=O)[O-]. The summed E-state index contributed by atoms with van der Waals surface area (Å²) in [5, 5.41) is 10.6. The van der Waals surface area contributed by atoms with Crippen molar-refractivity contribution in [2.75, 3.05) is 6.61 Å². The highest BCUT2D eigenvalue weighted by molar-refractivity contribution is 7.11. The van der Waals surface area contributed by atoms with E-state index in [4.69, 9.17) is 0 Å². The molecule has 1 saturated carbocycles. The van der Waals surface area contributed by atoms with Gasteiger partial charge in [0.15, 0.2) is 0 Å². The summed E-state index contributed by atoms with van der Waals surface area (Å²) < 4.78 is 0. The Labute approximate surface area is 110 Å². The Bertz CT molecular complexity index is 413. The van der Waals surface area contributed by atoms with Crippen molar-refractivity contribution in [3.8, 4) is 0 Å². The van der Waals surface area contributed by atoms with E-state index < -0.39 is 5.09 Å². The van der Waals surface area contributed by atoms with Crippen LogP contribution in [0.5, 0.6) is 0 Å². The molecule has 0 atom stereocenters. The first-order chi connectivity index (χ1) is 8.66. The fraction of sp³-hybridized carbons (Fsp3) is 0.750. The van der Waals surface area contributed by atoms with Gasteiger partial charge in [0, 0.05) is 17.2 Å². The van der Waals surface area contributed by atoms with Crippen LogP contribution in [0.15, 0.2) is 0 Å². The molecule has 0 N–H and O–H groups in total. The van der Waals surface area contributed by atoms with Gasteiger partial charge in [-0.3, -0.25) is 0 Å². The third-order valence-corrected chi connectivity index (χ3v) is 4.77. The van der Waals surface area contributed by atoms with Crippen LogP contribution in [0.4, 0.5) is 0 Å². The maximum Gasteiger partial charge on any atom is 0.294 e. The smallest absolute Gasteiger partial charge is 0.294 e. The Balaban J connectivity index is 1.95. The number of rotatable bonds is 5. The molecule has 0 aromatic carbocycles. The van der Waals surface area contributed by atoms with Crippen molar-refractivity contribution in [3.05, 3.63) is 25.7 Å². The lowest BCUT2D eigenvalue weighted by molar-refractivity contribution is -0.757. The minimum Gasteiger partial charge on any atom is -0.314 e. The number of aryl methyl sites for hydroxylation is 1. The van der Waals surface area contributed by atoms with Gasteiger partial charge in [0.2, 0.25) is 0 Å². The maximum atomic E-state index is 10.1. The normalized spacial score (nSPS) is 16.7. The van der Waals surface area contributed by atoms with E-state index in [1.165, 1.54) is 37.1 Å².